The van der Waals surface area contributed by atoms with E-state index in [0.717, 1.165) is 22.7 Å². The lowest BCUT2D eigenvalue weighted by molar-refractivity contribution is 0.0249. The minimum absolute atomic E-state index is 0.0551. The molecule has 0 aliphatic carbocycles. The van der Waals surface area contributed by atoms with Gasteiger partial charge in [-0.1, -0.05) is 36.3 Å². The number of hydrogen-bond acceptors (Lipinski definition) is 6. The Morgan fingerprint density at radius 1 is 1.32 bits per heavy atom. The molecule has 1 unspecified atom stereocenters. The summed E-state index contributed by atoms with van der Waals surface area (Å²) in [6.07, 6.45) is 4.45. The molecule has 1 atom stereocenters. The molecule has 2 rings (SSSR count). The summed E-state index contributed by atoms with van der Waals surface area (Å²) >= 11 is 0. The second-order valence-corrected chi connectivity index (χ2v) is 6.43. The molecule has 22 heavy (non-hydrogen) atoms. The van der Waals surface area contributed by atoms with Crippen LogP contribution in [0.4, 0.5) is 0 Å². The van der Waals surface area contributed by atoms with Gasteiger partial charge >= 0.3 is 0 Å². The van der Waals surface area contributed by atoms with E-state index in [1.807, 2.05) is 37.3 Å². The lowest BCUT2D eigenvalue weighted by Gasteiger charge is -2.11. The molecule has 7 heteroatoms. The molecular formula is C15H18N2O4S. The third-order valence-electron chi connectivity index (χ3n) is 2.99. The van der Waals surface area contributed by atoms with Crippen LogP contribution in [0.15, 0.2) is 41.7 Å². The van der Waals surface area contributed by atoms with Crippen molar-refractivity contribution in [3.05, 3.63) is 42.1 Å². The summed E-state index contributed by atoms with van der Waals surface area (Å²) in [6.45, 7) is 1.81. The highest BCUT2D eigenvalue weighted by Crippen LogP contribution is 2.14. The maximum atomic E-state index is 11.0. The minimum Gasteiger partial charge on any atom is -0.390 e. The first-order valence-corrected chi connectivity index (χ1v) is 8.68. The highest BCUT2D eigenvalue weighted by molar-refractivity contribution is 7.85. The molecule has 0 radical (unpaired) electrons. The van der Waals surface area contributed by atoms with Gasteiger partial charge in [0.2, 0.25) is 0 Å². The predicted octanol–water partition coefficient (Wildman–Crippen LogP) is 2.34. The van der Waals surface area contributed by atoms with Crippen LogP contribution >= 0.6 is 0 Å². The molecule has 0 spiro atoms. The quantitative estimate of drug-likeness (QED) is 0.444. The lowest BCUT2D eigenvalue weighted by atomic mass is 10.1. The maximum Gasteiger partial charge on any atom is 0.264 e. The van der Waals surface area contributed by atoms with Crippen LogP contribution in [0.2, 0.25) is 0 Å². The summed E-state index contributed by atoms with van der Waals surface area (Å²) in [6, 6.07) is 9.60. The summed E-state index contributed by atoms with van der Waals surface area (Å²) in [5.41, 5.74) is 1.66. The second kappa shape index (κ2) is 7.33. The third kappa shape index (κ3) is 4.78. The summed E-state index contributed by atoms with van der Waals surface area (Å²) < 4.78 is 26.7. The minimum atomic E-state index is -3.48. The van der Waals surface area contributed by atoms with Gasteiger partial charge in [0.05, 0.1) is 18.0 Å². The van der Waals surface area contributed by atoms with Gasteiger partial charge in [0.25, 0.3) is 10.1 Å². The van der Waals surface area contributed by atoms with E-state index in [-0.39, 0.29) is 6.61 Å². The fourth-order valence-corrected chi connectivity index (χ4v) is 2.23. The lowest BCUT2D eigenvalue weighted by Crippen LogP contribution is -2.19. The largest absolute Gasteiger partial charge is 0.390 e. The van der Waals surface area contributed by atoms with Gasteiger partial charge in [-0.15, -0.1) is 0 Å². The Bertz CT molecular complexity index is 754. The topological polar surface area (TPSA) is 77.9 Å². The van der Waals surface area contributed by atoms with Crippen LogP contribution in [0.25, 0.3) is 10.9 Å². The second-order valence-electron chi connectivity index (χ2n) is 4.78. The number of benzene rings is 1. The van der Waals surface area contributed by atoms with E-state index >= 15 is 0 Å². The van der Waals surface area contributed by atoms with Gasteiger partial charge in [-0.25, -0.2) is 0 Å². The monoisotopic (exact) mass is 322 g/mol. The van der Waals surface area contributed by atoms with Crippen LogP contribution in [0, 0.1) is 0 Å². The van der Waals surface area contributed by atoms with Crippen LogP contribution in [0.1, 0.15) is 18.9 Å². The summed E-state index contributed by atoms with van der Waals surface area (Å²) in [4.78, 5) is 9.61. The zero-order valence-corrected chi connectivity index (χ0v) is 13.3. The standard InChI is InChI=1S/C15H18N2O4S/c1-3-14(11-20-22(2,18)19)21-17-10-13-7-4-6-12-8-5-9-16-15(12)13/h4-10,14H,3,11H2,1-2H3/b17-10+. The van der Waals surface area contributed by atoms with Crippen molar-refractivity contribution in [2.45, 2.75) is 19.4 Å². The molecule has 2 aromatic rings. The van der Waals surface area contributed by atoms with Gasteiger partial charge in [-0.05, 0) is 12.5 Å². The number of hydrogen-bond donors (Lipinski definition) is 0. The molecule has 118 valence electrons. The van der Waals surface area contributed by atoms with E-state index < -0.39 is 16.2 Å². The van der Waals surface area contributed by atoms with E-state index in [2.05, 4.69) is 10.1 Å². The number of fused-ring (bicyclic) bond motifs is 1. The summed E-state index contributed by atoms with van der Waals surface area (Å²) in [7, 11) is -3.48. The van der Waals surface area contributed by atoms with Gasteiger partial charge in [-0.3, -0.25) is 9.17 Å². The van der Waals surface area contributed by atoms with Crippen molar-refractivity contribution in [3.63, 3.8) is 0 Å². The van der Waals surface area contributed by atoms with Crippen molar-refractivity contribution in [1.82, 2.24) is 4.98 Å². The fraction of sp³-hybridized carbons (Fsp3) is 0.333. The van der Waals surface area contributed by atoms with Gasteiger partial charge in [-0.2, -0.15) is 8.42 Å². The molecule has 0 aliphatic heterocycles. The van der Waals surface area contributed by atoms with E-state index in [0.29, 0.717) is 6.42 Å². The van der Waals surface area contributed by atoms with Crippen molar-refractivity contribution in [3.8, 4) is 0 Å². The van der Waals surface area contributed by atoms with Gasteiger partial charge < -0.3 is 4.84 Å². The Morgan fingerprint density at radius 2 is 2.09 bits per heavy atom. The highest BCUT2D eigenvalue weighted by atomic mass is 32.2. The van der Waals surface area contributed by atoms with E-state index in [4.69, 9.17) is 9.02 Å². The van der Waals surface area contributed by atoms with Crippen molar-refractivity contribution in [2.24, 2.45) is 5.16 Å². The van der Waals surface area contributed by atoms with Crippen molar-refractivity contribution in [1.29, 1.82) is 0 Å². The van der Waals surface area contributed by atoms with Crippen molar-refractivity contribution >= 4 is 27.2 Å². The molecule has 1 aromatic carbocycles. The average Bonchev–Trinajstić information content (AvgIpc) is 2.50. The Hall–Kier alpha value is -1.99. The molecule has 0 bridgehead atoms. The predicted molar refractivity (Wildman–Crippen MR) is 85.3 cm³/mol. The molecule has 0 N–H and O–H groups in total. The fourth-order valence-electron chi connectivity index (χ4n) is 1.83. The first-order chi connectivity index (χ1) is 10.5. The smallest absolute Gasteiger partial charge is 0.264 e. The highest BCUT2D eigenvalue weighted by Gasteiger charge is 2.11. The SMILES string of the molecule is CCC(COS(C)(=O)=O)O/N=C/c1cccc2cccnc12. The summed E-state index contributed by atoms with van der Waals surface area (Å²) in [5, 5.41) is 4.94. The maximum absolute atomic E-state index is 11.0. The van der Waals surface area contributed by atoms with Crippen LogP contribution in [0.3, 0.4) is 0 Å². The molecule has 6 nitrogen and oxygen atoms in total. The first kappa shape index (κ1) is 16.4. The molecule has 0 amide bonds. The zero-order chi connectivity index (χ0) is 16.0. The van der Waals surface area contributed by atoms with Crippen LogP contribution < -0.4 is 0 Å². The number of pyridine rings is 1. The average molecular weight is 322 g/mol. The number of para-hydroxylation sites is 1. The number of rotatable bonds is 7. The molecule has 0 saturated heterocycles. The van der Waals surface area contributed by atoms with Crippen LogP contribution in [0.5, 0.6) is 0 Å². The van der Waals surface area contributed by atoms with E-state index in [9.17, 15) is 8.42 Å². The number of nitrogens with zero attached hydrogens (tertiary/aromatic N) is 2. The third-order valence-corrected chi connectivity index (χ3v) is 3.55. The molecule has 0 aliphatic rings. The van der Waals surface area contributed by atoms with Gasteiger partial charge in [0.15, 0.2) is 6.10 Å². The Kier molecular flexibility index (Phi) is 5.46. The van der Waals surface area contributed by atoms with E-state index in [1.54, 1.807) is 12.4 Å². The van der Waals surface area contributed by atoms with Crippen LogP contribution in [-0.2, 0) is 19.1 Å². The van der Waals surface area contributed by atoms with E-state index in [1.165, 1.54) is 0 Å². The first-order valence-electron chi connectivity index (χ1n) is 6.87. The zero-order valence-electron chi connectivity index (χ0n) is 12.5. The Labute approximate surface area is 129 Å². The van der Waals surface area contributed by atoms with Crippen molar-refractivity contribution < 1.29 is 17.4 Å². The molecule has 0 saturated carbocycles. The van der Waals surface area contributed by atoms with Gasteiger partial charge in [0.1, 0.15) is 6.61 Å². The normalized spacial score (nSPS) is 13.5. The molecule has 0 fully saturated rings. The molecule has 1 aromatic heterocycles. The summed E-state index contributed by atoms with van der Waals surface area (Å²) in [5.74, 6) is 0. The number of aromatic nitrogens is 1. The number of oxime groups is 1. The van der Waals surface area contributed by atoms with Gasteiger partial charge in [0, 0.05) is 17.1 Å². The van der Waals surface area contributed by atoms with Crippen LogP contribution in [-0.4, -0.2) is 38.6 Å². The Balaban J connectivity index is 2.04. The molecule has 1 heterocycles. The van der Waals surface area contributed by atoms with Crippen molar-refractivity contribution in [2.75, 3.05) is 12.9 Å². The molecular weight excluding hydrogens is 304 g/mol. The Morgan fingerprint density at radius 3 is 2.82 bits per heavy atom.